The summed E-state index contributed by atoms with van der Waals surface area (Å²) in [5.74, 6) is 0.327. The number of hydrogen-bond donors (Lipinski definition) is 1. The van der Waals surface area contributed by atoms with Crippen LogP contribution in [0.3, 0.4) is 0 Å². The van der Waals surface area contributed by atoms with E-state index >= 15 is 0 Å². The highest BCUT2D eigenvalue weighted by atomic mass is 79.9. The van der Waals surface area contributed by atoms with Crippen LogP contribution in [0.5, 0.6) is 5.75 Å². The number of rotatable bonds is 3. The lowest BCUT2D eigenvalue weighted by molar-refractivity contribution is 0.0599. The molecule has 0 heterocycles. The molecular weight excluding hydrogens is 275 g/mol. The Balaban J connectivity index is 2.33. The number of aliphatic hydroxyl groups is 1. The highest BCUT2D eigenvalue weighted by Crippen LogP contribution is 2.41. The summed E-state index contributed by atoms with van der Waals surface area (Å²) in [5.41, 5.74) is 0.667. The summed E-state index contributed by atoms with van der Waals surface area (Å²) in [6.07, 6.45) is 2.66. The topological polar surface area (TPSA) is 29.5 Å². The molecule has 16 heavy (non-hydrogen) atoms. The van der Waals surface area contributed by atoms with Crippen molar-refractivity contribution in [3.05, 3.63) is 28.0 Å². The maximum absolute atomic E-state index is 13.3. The van der Waals surface area contributed by atoms with Crippen molar-refractivity contribution in [3.8, 4) is 5.75 Å². The maximum Gasteiger partial charge on any atom is 0.141 e. The maximum atomic E-state index is 13.3. The highest BCUT2D eigenvalue weighted by molar-refractivity contribution is 9.10. The molecule has 4 heteroatoms. The molecule has 1 aliphatic rings. The predicted molar refractivity (Wildman–Crippen MR) is 63.0 cm³/mol. The molecule has 0 radical (unpaired) electrons. The molecule has 1 unspecified atom stereocenters. The Morgan fingerprint density at radius 1 is 1.50 bits per heavy atom. The van der Waals surface area contributed by atoms with E-state index in [1.807, 2.05) is 0 Å². The van der Waals surface area contributed by atoms with Gasteiger partial charge in [0.1, 0.15) is 11.6 Å². The lowest BCUT2D eigenvalue weighted by Crippen LogP contribution is -2.20. The molecule has 1 aromatic rings. The molecule has 0 aliphatic heterocycles. The van der Waals surface area contributed by atoms with E-state index in [4.69, 9.17) is 4.74 Å². The molecule has 88 valence electrons. The molecule has 1 aliphatic carbocycles. The first-order chi connectivity index (χ1) is 7.63. The summed E-state index contributed by atoms with van der Waals surface area (Å²) in [4.78, 5) is 0. The lowest BCUT2D eigenvalue weighted by Gasteiger charge is -2.31. The van der Waals surface area contributed by atoms with Gasteiger partial charge in [0.2, 0.25) is 0 Å². The fourth-order valence-corrected chi connectivity index (χ4v) is 2.32. The van der Waals surface area contributed by atoms with E-state index < -0.39 is 6.10 Å². The molecule has 0 saturated heterocycles. The molecule has 2 rings (SSSR count). The van der Waals surface area contributed by atoms with Gasteiger partial charge in [-0.05, 0) is 40.8 Å². The number of ether oxygens (including phenoxy) is 1. The molecule has 1 atom stereocenters. The van der Waals surface area contributed by atoms with Gasteiger partial charge >= 0.3 is 0 Å². The third-order valence-corrected chi connectivity index (χ3v) is 3.80. The van der Waals surface area contributed by atoms with Crippen LogP contribution >= 0.6 is 15.9 Å². The van der Waals surface area contributed by atoms with Crippen LogP contribution in [0, 0.1) is 11.7 Å². The highest BCUT2D eigenvalue weighted by Gasteiger charge is 2.29. The predicted octanol–water partition coefficient (Wildman–Crippen LogP) is 3.43. The van der Waals surface area contributed by atoms with Gasteiger partial charge in [0.15, 0.2) is 0 Å². The zero-order valence-corrected chi connectivity index (χ0v) is 10.6. The van der Waals surface area contributed by atoms with Crippen LogP contribution < -0.4 is 4.74 Å². The van der Waals surface area contributed by atoms with Crippen molar-refractivity contribution in [3.63, 3.8) is 0 Å². The number of halogens is 2. The minimum atomic E-state index is -0.555. The molecule has 0 spiro atoms. The van der Waals surface area contributed by atoms with Gasteiger partial charge in [-0.3, -0.25) is 0 Å². The van der Waals surface area contributed by atoms with Crippen molar-refractivity contribution in [1.29, 1.82) is 0 Å². The molecule has 1 N–H and O–H groups in total. The fourth-order valence-electron chi connectivity index (χ4n) is 1.96. The van der Waals surface area contributed by atoms with Gasteiger partial charge in [0.05, 0.1) is 17.7 Å². The van der Waals surface area contributed by atoms with E-state index in [0.29, 0.717) is 15.8 Å². The smallest absolute Gasteiger partial charge is 0.141 e. The van der Waals surface area contributed by atoms with Crippen molar-refractivity contribution in [2.75, 3.05) is 7.11 Å². The third-order valence-electron chi connectivity index (χ3n) is 3.19. The van der Waals surface area contributed by atoms with Gasteiger partial charge in [0.25, 0.3) is 0 Å². The van der Waals surface area contributed by atoms with Crippen LogP contribution in [0.2, 0.25) is 0 Å². The molecule has 0 amide bonds. The zero-order chi connectivity index (χ0) is 11.7. The Labute approximate surface area is 103 Å². The summed E-state index contributed by atoms with van der Waals surface area (Å²) < 4.78 is 18.8. The fraction of sp³-hybridized carbons (Fsp3) is 0.500. The summed E-state index contributed by atoms with van der Waals surface area (Å²) in [5, 5.41) is 10.1. The second-order valence-corrected chi connectivity index (χ2v) is 5.00. The number of hydrogen-bond acceptors (Lipinski definition) is 2. The number of methoxy groups -OCH3 is 1. The summed E-state index contributed by atoms with van der Waals surface area (Å²) in [7, 11) is 1.49. The van der Waals surface area contributed by atoms with Crippen LogP contribution in [0.15, 0.2) is 16.6 Å². The SMILES string of the molecule is COc1cc(F)c(Br)cc1C(O)C1CCC1. The summed E-state index contributed by atoms with van der Waals surface area (Å²) >= 11 is 3.13. The van der Waals surface area contributed by atoms with Crippen molar-refractivity contribution in [1.82, 2.24) is 0 Å². The second kappa shape index (κ2) is 4.72. The van der Waals surface area contributed by atoms with E-state index in [1.165, 1.54) is 13.2 Å². The average molecular weight is 289 g/mol. The molecule has 2 nitrogen and oxygen atoms in total. The Bertz CT molecular complexity index is 391. The van der Waals surface area contributed by atoms with Crippen LogP contribution in [0.25, 0.3) is 0 Å². The number of aliphatic hydroxyl groups excluding tert-OH is 1. The zero-order valence-electron chi connectivity index (χ0n) is 9.04. The molecule has 1 aromatic carbocycles. The Morgan fingerprint density at radius 2 is 2.19 bits per heavy atom. The largest absolute Gasteiger partial charge is 0.496 e. The van der Waals surface area contributed by atoms with Crippen molar-refractivity contribution in [2.24, 2.45) is 5.92 Å². The monoisotopic (exact) mass is 288 g/mol. The first-order valence-corrected chi connectivity index (χ1v) is 6.13. The first kappa shape index (κ1) is 11.9. The standard InChI is InChI=1S/C12H14BrFO2/c1-16-11-6-10(14)9(13)5-8(11)12(15)7-3-2-4-7/h5-7,12,15H,2-4H2,1H3. The molecule has 1 saturated carbocycles. The van der Waals surface area contributed by atoms with Gasteiger partial charge in [-0.1, -0.05) is 6.42 Å². The molecule has 1 fully saturated rings. The molecule has 0 bridgehead atoms. The van der Waals surface area contributed by atoms with Crippen molar-refractivity contribution < 1.29 is 14.2 Å². The second-order valence-electron chi connectivity index (χ2n) is 4.14. The van der Waals surface area contributed by atoms with E-state index in [-0.39, 0.29) is 11.7 Å². The normalized spacial score (nSPS) is 18.0. The van der Waals surface area contributed by atoms with Gasteiger partial charge < -0.3 is 9.84 Å². The van der Waals surface area contributed by atoms with Gasteiger partial charge in [-0.2, -0.15) is 0 Å². The Hall–Kier alpha value is -0.610. The van der Waals surface area contributed by atoms with Crippen LogP contribution in [-0.2, 0) is 0 Å². The molecule has 0 aromatic heterocycles. The summed E-state index contributed by atoms with van der Waals surface area (Å²) in [6.45, 7) is 0. The summed E-state index contributed by atoms with van der Waals surface area (Å²) in [6, 6.07) is 2.92. The van der Waals surface area contributed by atoms with E-state index in [1.54, 1.807) is 6.07 Å². The van der Waals surface area contributed by atoms with Crippen LogP contribution in [-0.4, -0.2) is 12.2 Å². The minimum absolute atomic E-state index is 0.284. The van der Waals surface area contributed by atoms with E-state index in [2.05, 4.69) is 15.9 Å². The van der Waals surface area contributed by atoms with Gasteiger partial charge in [-0.15, -0.1) is 0 Å². The average Bonchev–Trinajstić information content (AvgIpc) is 2.18. The van der Waals surface area contributed by atoms with Crippen molar-refractivity contribution in [2.45, 2.75) is 25.4 Å². The van der Waals surface area contributed by atoms with Crippen LogP contribution in [0.1, 0.15) is 30.9 Å². The third kappa shape index (κ3) is 2.09. The quantitative estimate of drug-likeness (QED) is 0.923. The Morgan fingerprint density at radius 3 is 2.69 bits per heavy atom. The van der Waals surface area contributed by atoms with Gasteiger partial charge in [0, 0.05) is 11.6 Å². The number of benzene rings is 1. The van der Waals surface area contributed by atoms with Gasteiger partial charge in [-0.25, -0.2) is 4.39 Å². The van der Waals surface area contributed by atoms with Crippen LogP contribution in [0.4, 0.5) is 4.39 Å². The van der Waals surface area contributed by atoms with Crippen molar-refractivity contribution >= 4 is 15.9 Å². The Kier molecular flexibility index (Phi) is 3.50. The first-order valence-electron chi connectivity index (χ1n) is 5.34. The minimum Gasteiger partial charge on any atom is -0.496 e. The molecular formula is C12H14BrFO2. The van der Waals surface area contributed by atoms with E-state index in [9.17, 15) is 9.50 Å². The van der Waals surface area contributed by atoms with E-state index in [0.717, 1.165) is 19.3 Å². The lowest BCUT2D eigenvalue weighted by atomic mass is 9.78.